The molecule has 0 spiro atoms. The molecular weight excluding hydrogens is 853 g/mol. The van der Waals surface area contributed by atoms with Crippen molar-refractivity contribution in [2.45, 2.75) is 362 Å². The van der Waals surface area contributed by atoms with Gasteiger partial charge in [0.2, 0.25) is 0 Å². The van der Waals surface area contributed by atoms with Crippen LogP contribution in [0.4, 0.5) is 0 Å². The first-order valence-electron chi connectivity index (χ1n) is 31.3. The van der Waals surface area contributed by atoms with E-state index in [0.29, 0.717) is 19.3 Å². The highest BCUT2D eigenvalue weighted by Gasteiger charge is 2.19. The second-order valence-electron chi connectivity index (χ2n) is 22.4. The second kappa shape index (κ2) is 55.7. The van der Waals surface area contributed by atoms with Gasteiger partial charge in [0.05, 0.1) is 0 Å². The van der Waals surface area contributed by atoms with Gasteiger partial charge in [-0.05, 0) is 31.1 Å². The fraction of sp³-hybridized carbons (Fsp3) is 0.952. The molecule has 0 saturated heterocycles. The highest BCUT2D eigenvalue weighted by atomic mass is 16.6. The minimum Gasteiger partial charge on any atom is -0.462 e. The average Bonchev–Trinajstić information content (AvgIpc) is 3.34. The molecule has 0 aromatic rings. The lowest BCUT2D eigenvalue weighted by Crippen LogP contribution is -2.30. The molecule has 0 amide bonds. The number of esters is 3. The van der Waals surface area contributed by atoms with Gasteiger partial charge in [0.25, 0.3) is 0 Å². The molecule has 0 saturated carbocycles. The standard InChI is InChI=1S/C63H122O6/c1-6-8-9-10-11-12-13-28-33-38-43-48-53-61(64)67-56-60(69-63(66)55-50-45-40-35-30-25-21-20-22-26-31-36-41-46-51-58(3)4)57-68-62(65)54-49-44-39-34-29-24-19-17-15-14-16-18-23-27-32-37-42-47-52-59(5)7-2/h58-60H,6-57H2,1-5H3/t59?,60-/m1/s1. The molecule has 1 unspecified atom stereocenters. The van der Waals surface area contributed by atoms with Crippen molar-refractivity contribution in [1.29, 1.82) is 0 Å². The Labute approximate surface area is 431 Å². The maximum absolute atomic E-state index is 12.9. The smallest absolute Gasteiger partial charge is 0.306 e. The van der Waals surface area contributed by atoms with Gasteiger partial charge in [-0.2, -0.15) is 0 Å². The monoisotopic (exact) mass is 975 g/mol. The summed E-state index contributed by atoms with van der Waals surface area (Å²) < 4.78 is 16.9. The summed E-state index contributed by atoms with van der Waals surface area (Å²) in [5.41, 5.74) is 0. The Morgan fingerprint density at radius 1 is 0.304 bits per heavy atom. The zero-order valence-electron chi connectivity index (χ0n) is 47.5. The summed E-state index contributed by atoms with van der Waals surface area (Å²) in [4.78, 5) is 38.2. The Kier molecular flexibility index (Phi) is 54.4. The zero-order valence-corrected chi connectivity index (χ0v) is 47.5. The molecule has 410 valence electrons. The van der Waals surface area contributed by atoms with Gasteiger partial charge in [-0.25, -0.2) is 0 Å². The highest BCUT2D eigenvalue weighted by Crippen LogP contribution is 2.19. The predicted octanol–water partition coefficient (Wildman–Crippen LogP) is 20.8. The van der Waals surface area contributed by atoms with Crippen LogP contribution in [-0.2, 0) is 28.6 Å². The van der Waals surface area contributed by atoms with E-state index in [1.807, 2.05) is 0 Å². The Bertz CT molecular complexity index is 1060. The molecule has 6 heteroatoms. The summed E-state index contributed by atoms with van der Waals surface area (Å²) in [5.74, 6) is 0.920. The fourth-order valence-electron chi connectivity index (χ4n) is 9.73. The topological polar surface area (TPSA) is 78.9 Å². The summed E-state index contributed by atoms with van der Waals surface area (Å²) in [5, 5.41) is 0. The Hall–Kier alpha value is -1.59. The van der Waals surface area contributed by atoms with Gasteiger partial charge in [-0.3, -0.25) is 14.4 Å². The summed E-state index contributed by atoms with van der Waals surface area (Å²) >= 11 is 0. The Balaban J connectivity index is 4.23. The summed E-state index contributed by atoms with van der Waals surface area (Å²) in [6.07, 6.45) is 61.0. The second-order valence-corrected chi connectivity index (χ2v) is 22.4. The van der Waals surface area contributed by atoms with E-state index in [1.54, 1.807) is 0 Å². The van der Waals surface area contributed by atoms with Crippen molar-refractivity contribution in [2.24, 2.45) is 11.8 Å². The van der Waals surface area contributed by atoms with E-state index in [0.717, 1.165) is 69.6 Å². The largest absolute Gasteiger partial charge is 0.462 e. The number of ether oxygens (including phenoxy) is 3. The van der Waals surface area contributed by atoms with Crippen molar-refractivity contribution in [2.75, 3.05) is 13.2 Å². The van der Waals surface area contributed by atoms with Crippen LogP contribution in [0.2, 0.25) is 0 Å². The molecule has 0 radical (unpaired) electrons. The summed E-state index contributed by atoms with van der Waals surface area (Å²) in [6, 6.07) is 0. The lowest BCUT2D eigenvalue weighted by Gasteiger charge is -2.18. The molecule has 0 rings (SSSR count). The number of carbonyl (C=O) groups is 3. The van der Waals surface area contributed by atoms with Crippen LogP contribution in [-0.4, -0.2) is 37.2 Å². The molecular formula is C63H122O6. The van der Waals surface area contributed by atoms with Crippen molar-refractivity contribution < 1.29 is 28.6 Å². The van der Waals surface area contributed by atoms with Crippen molar-refractivity contribution >= 4 is 17.9 Å². The molecule has 6 nitrogen and oxygen atoms in total. The number of unbranched alkanes of at least 4 members (excludes halogenated alkanes) is 41. The zero-order chi connectivity index (χ0) is 50.4. The molecule has 69 heavy (non-hydrogen) atoms. The van der Waals surface area contributed by atoms with Crippen molar-refractivity contribution in [1.82, 2.24) is 0 Å². The molecule has 0 aliphatic rings. The van der Waals surface area contributed by atoms with Gasteiger partial charge in [0, 0.05) is 19.3 Å². The molecule has 0 aromatic heterocycles. The number of hydrogen-bond acceptors (Lipinski definition) is 6. The lowest BCUT2D eigenvalue weighted by molar-refractivity contribution is -0.167. The van der Waals surface area contributed by atoms with E-state index in [9.17, 15) is 14.4 Å². The van der Waals surface area contributed by atoms with Crippen LogP contribution in [0.1, 0.15) is 356 Å². The maximum atomic E-state index is 12.9. The molecule has 0 N–H and O–H groups in total. The Morgan fingerprint density at radius 3 is 0.826 bits per heavy atom. The number of carbonyl (C=O) groups excluding carboxylic acids is 3. The van der Waals surface area contributed by atoms with E-state index in [-0.39, 0.29) is 31.1 Å². The first-order valence-corrected chi connectivity index (χ1v) is 31.3. The lowest BCUT2D eigenvalue weighted by atomic mass is 9.99. The van der Waals surface area contributed by atoms with Gasteiger partial charge in [0.1, 0.15) is 13.2 Å². The SMILES string of the molecule is CCCCCCCCCCCCCCC(=O)OC[C@H](COC(=O)CCCCCCCCCCCCCCCCCCCCC(C)CC)OC(=O)CCCCCCCCCCCCCCCCC(C)C. The van der Waals surface area contributed by atoms with Crippen molar-refractivity contribution in [3.8, 4) is 0 Å². The van der Waals surface area contributed by atoms with Crippen molar-refractivity contribution in [3.05, 3.63) is 0 Å². The number of rotatable bonds is 57. The van der Waals surface area contributed by atoms with Gasteiger partial charge in [-0.1, -0.05) is 317 Å². The molecule has 0 heterocycles. The molecule has 0 aliphatic heterocycles. The average molecular weight is 976 g/mol. The first kappa shape index (κ1) is 67.4. The van der Waals surface area contributed by atoms with Crippen LogP contribution in [0.3, 0.4) is 0 Å². The van der Waals surface area contributed by atoms with Gasteiger partial charge < -0.3 is 14.2 Å². The van der Waals surface area contributed by atoms with Gasteiger partial charge in [-0.15, -0.1) is 0 Å². The Morgan fingerprint density at radius 2 is 0.551 bits per heavy atom. The molecule has 0 fully saturated rings. The van der Waals surface area contributed by atoms with Crippen LogP contribution < -0.4 is 0 Å². The molecule has 0 bridgehead atoms. The molecule has 0 aliphatic carbocycles. The quantitative estimate of drug-likeness (QED) is 0.0343. The van der Waals surface area contributed by atoms with E-state index < -0.39 is 6.10 Å². The van der Waals surface area contributed by atoms with E-state index >= 15 is 0 Å². The van der Waals surface area contributed by atoms with E-state index in [1.165, 1.54) is 244 Å². The van der Waals surface area contributed by atoms with Crippen LogP contribution in [0.5, 0.6) is 0 Å². The number of hydrogen-bond donors (Lipinski definition) is 0. The van der Waals surface area contributed by atoms with E-state index in [2.05, 4.69) is 34.6 Å². The predicted molar refractivity (Wildman–Crippen MR) is 298 cm³/mol. The van der Waals surface area contributed by atoms with Gasteiger partial charge >= 0.3 is 17.9 Å². The van der Waals surface area contributed by atoms with Crippen molar-refractivity contribution in [3.63, 3.8) is 0 Å². The van der Waals surface area contributed by atoms with Crippen LogP contribution in [0, 0.1) is 11.8 Å². The third-order valence-electron chi connectivity index (χ3n) is 14.8. The molecule has 2 atom stereocenters. The van der Waals surface area contributed by atoms with Crippen LogP contribution in [0.15, 0.2) is 0 Å². The third kappa shape index (κ3) is 55.6. The van der Waals surface area contributed by atoms with Crippen LogP contribution >= 0.6 is 0 Å². The summed E-state index contributed by atoms with van der Waals surface area (Å²) in [7, 11) is 0. The normalized spacial score (nSPS) is 12.4. The van der Waals surface area contributed by atoms with Gasteiger partial charge in [0.15, 0.2) is 6.10 Å². The highest BCUT2D eigenvalue weighted by molar-refractivity contribution is 5.71. The maximum Gasteiger partial charge on any atom is 0.306 e. The van der Waals surface area contributed by atoms with E-state index in [4.69, 9.17) is 14.2 Å². The third-order valence-corrected chi connectivity index (χ3v) is 14.8. The first-order chi connectivity index (χ1) is 33.8. The minimum absolute atomic E-state index is 0.0620. The minimum atomic E-state index is -0.763. The summed E-state index contributed by atoms with van der Waals surface area (Å²) in [6.45, 7) is 11.5. The fourth-order valence-corrected chi connectivity index (χ4v) is 9.73. The van der Waals surface area contributed by atoms with Crippen LogP contribution in [0.25, 0.3) is 0 Å². The molecule has 0 aromatic carbocycles.